The summed E-state index contributed by atoms with van der Waals surface area (Å²) in [5, 5.41) is 0. The molecule has 0 bridgehead atoms. The number of rotatable bonds is 2. The van der Waals surface area contributed by atoms with Crippen LogP contribution < -0.4 is 0 Å². The fourth-order valence-corrected chi connectivity index (χ4v) is 0.929. The maximum Gasteiger partial charge on any atom is 0.159 e. The van der Waals surface area contributed by atoms with E-state index >= 15 is 0 Å². The van der Waals surface area contributed by atoms with Crippen LogP contribution in [0.25, 0.3) is 0 Å². The summed E-state index contributed by atoms with van der Waals surface area (Å²) in [5.41, 5.74) is 0.365. The van der Waals surface area contributed by atoms with Crippen molar-refractivity contribution < 1.29 is 13.5 Å². The van der Waals surface area contributed by atoms with Gasteiger partial charge in [0, 0.05) is 0 Å². The van der Waals surface area contributed by atoms with E-state index in [1.807, 2.05) is 20.8 Å². The van der Waals surface area contributed by atoms with Crippen LogP contribution in [0.3, 0.4) is 0 Å². The van der Waals surface area contributed by atoms with E-state index in [-0.39, 0.29) is 5.60 Å². The van der Waals surface area contributed by atoms with Crippen molar-refractivity contribution in [2.75, 3.05) is 0 Å². The first-order chi connectivity index (χ1) is 6.38. The van der Waals surface area contributed by atoms with Crippen LogP contribution in [0.1, 0.15) is 26.3 Å². The second kappa shape index (κ2) is 4.05. The van der Waals surface area contributed by atoms with Crippen molar-refractivity contribution in [3.05, 3.63) is 35.4 Å². The Bertz CT molecular complexity index is 316. The van der Waals surface area contributed by atoms with Gasteiger partial charge >= 0.3 is 0 Å². The molecule has 0 aliphatic carbocycles. The zero-order valence-electron chi connectivity index (χ0n) is 8.60. The molecule has 0 saturated heterocycles. The third-order valence-electron chi connectivity index (χ3n) is 1.66. The molecule has 0 unspecified atom stereocenters. The van der Waals surface area contributed by atoms with Crippen LogP contribution in [0.15, 0.2) is 18.2 Å². The fraction of sp³-hybridized carbons (Fsp3) is 0.455. The first-order valence-corrected chi connectivity index (χ1v) is 4.46. The quantitative estimate of drug-likeness (QED) is 0.711. The van der Waals surface area contributed by atoms with Crippen molar-refractivity contribution in [1.82, 2.24) is 0 Å². The highest BCUT2D eigenvalue weighted by Crippen LogP contribution is 2.14. The first kappa shape index (κ1) is 11.1. The molecule has 0 aliphatic rings. The summed E-state index contributed by atoms with van der Waals surface area (Å²) in [5.74, 6) is -1.66. The number of benzene rings is 1. The van der Waals surface area contributed by atoms with E-state index in [2.05, 4.69) is 0 Å². The average Bonchev–Trinajstić information content (AvgIpc) is 2.06. The molecule has 0 N–H and O–H groups in total. The monoisotopic (exact) mass is 200 g/mol. The van der Waals surface area contributed by atoms with Crippen LogP contribution in [0.2, 0.25) is 0 Å². The van der Waals surface area contributed by atoms with Gasteiger partial charge in [-0.05, 0) is 38.5 Å². The molecule has 1 nitrogen and oxygen atoms in total. The minimum absolute atomic E-state index is 0.273. The molecule has 0 spiro atoms. The van der Waals surface area contributed by atoms with Gasteiger partial charge in [-0.25, -0.2) is 8.78 Å². The maximum absolute atomic E-state index is 12.8. The lowest BCUT2D eigenvalue weighted by molar-refractivity contribution is -0.0150. The van der Waals surface area contributed by atoms with E-state index in [1.165, 1.54) is 6.07 Å². The lowest BCUT2D eigenvalue weighted by atomic mass is 10.2. The molecule has 0 heterocycles. The summed E-state index contributed by atoms with van der Waals surface area (Å²) < 4.78 is 30.7. The van der Waals surface area contributed by atoms with Crippen LogP contribution in [0, 0.1) is 11.6 Å². The summed E-state index contributed by atoms with van der Waals surface area (Å²) >= 11 is 0. The second-order valence-corrected chi connectivity index (χ2v) is 4.15. The highest BCUT2D eigenvalue weighted by Gasteiger charge is 2.10. The maximum atomic E-state index is 12.8. The van der Waals surface area contributed by atoms with E-state index < -0.39 is 11.6 Å². The van der Waals surface area contributed by atoms with Gasteiger partial charge < -0.3 is 4.74 Å². The molecule has 0 aromatic heterocycles. The summed E-state index contributed by atoms with van der Waals surface area (Å²) in [4.78, 5) is 0. The lowest BCUT2D eigenvalue weighted by Crippen LogP contribution is -2.18. The molecule has 0 saturated carbocycles. The topological polar surface area (TPSA) is 9.23 Å². The number of hydrogen-bond donors (Lipinski definition) is 0. The zero-order valence-corrected chi connectivity index (χ0v) is 8.60. The highest BCUT2D eigenvalue weighted by molar-refractivity contribution is 5.16. The molecule has 0 fully saturated rings. The third-order valence-corrected chi connectivity index (χ3v) is 1.66. The van der Waals surface area contributed by atoms with Crippen molar-refractivity contribution in [1.29, 1.82) is 0 Å². The number of halogens is 2. The molecular weight excluding hydrogens is 186 g/mol. The Morgan fingerprint density at radius 1 is 1.14 bits per heavy atom. The van der Waals surface area contributed by atoms with Gasteiger partial charge in [0.1, 0.15) is 0 Å². The van der Waals surface area contributed by atoms with Crippen molar-refractivity contribution in [3.8, 4) is 0 Å². The van der Waals surface area contributed by atoms with Crippen LogP contribution >= 0.6 is 0 Å². The molecule has 0 amide bonds. The smallest absolute Gasteiger partial charge is 0.159 e. The number of ether oxygens (including phenoxy) is 1. The van der Waals surface area contributed by atoms with E-state index in [4.69, 9.17) is 4.74 Å². The second-order valence-electron chi connectivity index (χ2n) is 4.15. The molecule has 3 heteroatoms. The van der Waals surface area contributed by atoms with Crippen molar-refractivity contribution in [2.45, 2.75) is 33.0 Å². The Kier molecular flexibility index (Phi) is 3.21. The van der Waals surface area contributed by atoms with Gasteiger partial charge in [-0.15, -0.1) is 0 Å². The van der Waals surface area contributed by atoms with E-state index in [0.29, 0.717) is 12.2 Å². The Morgan fingerprint density at radius 3 is 2.29 bits per heavy atom. The minimum atomic E-state index is -0.833. The van der Waals surface area contributed by atoms with Crippen LogP contribution in [-0.4, -0.2) is 5.60 Å². The largest absolute Gasteiger partial charge is 0.371 e. The molecule has 1 rings (SSSR count). The molecule has 0 atom stereocenters. The number of hydrogen-bond acceptors (Lipinski definition) is 1. The Balaban J connectivity index is 2.65. The molecule has 1 aromatic rings. The molecular formula is C11H14F2O. The Morgan fingerprint density at radius 2 is 1.79 bits per heavy atom. The van der Waals surface area contributed by atoms with E-state index in [0.717, 1.165) is 12.1 Å². The summed E-state index contributed by atoms with van der Waals surface area (Å²) in [6.07, 6.45) is 0. The van der Waals surface area contributed by atoms with Gasteiger partial charge in [0.05, 0.1) is 12.2 Å². The highest BCUT2D eigenvalue weighted by atomic mass is 19.2. The zero-order chi connectivity index (χ0) is 10.8. The molecule has 0 aliphatic heterocycles. The molecule has 78 valence electrons. The summed E-state index contributed by atoms with van der Waals surface area (Å²) in [7, 11) is 0. The van der Waals surface area contributed by atoms with Gasteiger partial charge in [0.15, 0.2) is 11.6 Å². The van der Waals surface area contributed by atoms with Gasteiger partial charge in [0.2, 0.25) is 0 Å². The summed E-state index contributed by atoms with van der Waals surface area (Å²) in [6.45, 7) is 6.02. The average molecular weight is 200 g/mol. The van der Waals surface area contributed by atoms with Gasteiger partial charge in [0.25, 0.3) is 0 Å². The van der Waals surface area contributed by atoms with Crippen molar-refractivity contribution in [3.63, 3.8) is 0 Å². The predicted octanol–water partition coefficient (Wildman–Crippen LogP) is 3.28. The standard InChI is InChI=1S/C11H14F2O/c1-11(2,3)14-7-8-4-5-9(12)10(13)6-8/h4-6H,7H2,1-3H3. The third kappa shape index (κ3) is 3.42. The van der Waals surface area contributed by atoms with Crippen LogP contribution in [0.4, 0.5) is 8.78 Å². The van der Waals surface area contributed by atoms with E-state index in [1.54, 1.807) is 0 Å². The van der Waals surface area contributed by atoms with Crippen molar-refractivity contribution in [2.24, 2.45) is 0 Å². The SMILES string of the molecule is CC(C)(C)OCc1ccc(F)c(F)c1. The van der Waals surface area contributed by atoms with E-state index in [9.17, 15) is 8.78 Å². The fourth-order valence-electron chi connectivity index (χ4n) is 0.929. The van der Waals surface area contributed by atoms with Crippen molar-refractivity contribution >= 4 is 0 Å². The van der Waals surface area contributed by atoms with Gasteiger partial charge in [-0.2, -0.15) is 0 Å². The molecule has 1 aromatic carbocycles. The first-order valence-electron chi connectivity index (χ1n) is 4.46. The molecule has 0 radical (unpaired) electrons. The Hall–Kier alpha value is -0.960. The lowest BCUT2D eigenvalue weighted by Gasteiger charge is -2.19. The predicted molar refractivity (Wildman–Crippen MR) is 50.9 cm³/mol. The summed E-state index contributed by atoms with van der Waals surface area (Å²) in [6, 6.07) is 3.78. The normalized spacial score (nSPS) is 11.8. The van der Waals surface area contributed by atoms with Crippen LogP contribution in [0.5, 0.6) is 0 Å². The van der Waals surface area contributed by atoms with Gasteiger partial charge in [-0.3, -0.25) is 0 Å². The van der Waals surface area contributed by atoms with Crippen LogP contribution in [-0.2, 0) is 11.3 Å². The Labute approximate surface area is 82.7 Å². The minimum Gasteiger partial charge on any atom is -0.371 e. The molecule has 14 heavy (non-hydrogen) atoms. The van der Waals surface area contributed by atoms with Gasteiger partial charge in [-0.1, -0.05) is 6.07 Å².